The SMILES string of the molecule is O=C(NCCN1CCOCC1)c1ccc(-n2cnnc2)cc1. The standard InChI is InChI=1S/C15H19N5O2/c21-15(16-5-6-19-7-9-22-10-8-19)13-1-3-14(4-2-13)20-11-17-18-12-20/h1-4,11-12H,5-10H2,(H,16,21). The van der Waals surface area contributed by atoms with Crippen molar-refractivity contribution < 1.29 is 9.53 Å². The van der Waals surface area contributed by atoms with E-state index in [9.17, 15) is 4.79 Å². The molecule has 0 saturated carbocycles. The van der Waals surface area contributed by atoms with Crippen LogP contribution in [0.3, 0.4) is 0 Å². The molecule has 3 rings (SSSR count). The quantitative estimate of drug-likeness (QED) is 0.861. The lowest BCUT2D eigenvalue weighted by Crippen LogP contribution is -2.41. The molecule has 0 bridgehead atoms. The number of ether oxygens (including phenoxy) is 1. The van der Waals surface area contributed by atoms with Gasteiger partial charge in [-0.25, -0.2) is 0 Å². The molecule has 1 aromatic heterocycles. The molecule has 1 saturated heterocycles. The molecule has 116 valence electrons. The van der Waals surface area contributed by atoms with Gasteiger partial charge in [0.2, 0.25) is 0 Å². The zero-order valence-corrected chi connectivity index (χ0v) is 12.3. The lowest BCUT2D eigenvalue weighted by molar-refractivity contribution is 0.0383. The maximum Gasteiger partial charge on any atom is 0.251 e. The summed E-state index contributed by atoms with van der Waals surface area (Å²) in [6.07, 6.45) is 3.24. The zero-order chi connectivity index (χ0) is 15.2. The molecule has 7 heteroatoms. The number of hydrogen-bond donors (Lipinski definition) is 1. The molecule has 22 heavy (non-hydrogen) atoms. The molecule has 1 amide bonds. The molecule has 1 aliphatic heterocycles. The van der Waals surface area contributed by atoms with Gasteiger partial charge in [-0.3, -0.25) is 14.3 Å². The van der Waals surface area contributed by atoms with E-state index in [0.29, 0.717) is 12.1 Å². The van der Waals surface area contributed by atoms with Gasteiger partial charge in [0.25, 0.3) is 5.91 Å². The Bertz CT molecular complexity index is 591. The normalized spacial score (nSPS) is 15.6. The summed E-state index contributed by atoms with van der Waals surface area (Å²) < 4.78 is 7.09. The van der Waals surface area contributed by atoms with Crippen molar-refractivity contribution in [2.45, 2.75) is 0 Å². The Kier molecular flexibility index (Phi) is 4.77. The first-order chi connectivity index (χ1) is 10.8. The molecule has 0 radical (unpaired) electrons. The molecule has 0 unspecified atom stereocenters. The third-order valence-electron chi connectivity index (χ3n) is 3.66. The zero-order valence-electron chi connectivity index (χ0n) is 12.3. The van der Waals surface area contributed by atoms with Gasteiger partial charge >= 0.3 is 0 Å². The second-order valence-corrected chi connectivity index (χ2v) is 5.13. The summed E-state index contributed by atoms with van der Waals surface area (Å²) in [5.74, 6) is -0.0523. The van der Waals surface area contributed by atoms with E-state index in [4.69, 9.17) is 4.74 Å². The minimum Gasteiger partial charge on any atom is -0.379 e. The summed E-state index contributed by atoms with van der Waals surface area (Å²) in [7, 11) is 0. The van der Waals surface area contributed by atoms with Gasteiger partial charge in [-0.15, -0.1) is 10.2 Å². The summed E-state index contributed by atoms with van der Waals surface area (Å²) in [4.78, 5) is 14.4. The minimum absolute atomic E-state index is 0.0523. The predicted octanol–water partition coefficient (Wildman–Crippen LogP) is 0.329. The molecule has 1 N–H and O–H groups in total. The van der Waals surface area contributed by atoms with Crippen molar-refractivity contribution in [2.24, 2.45) is 0 Å². The van der Waals surface area contributed by atoms with Gasteiger partial charge in [0.15, 0.2) is 0 Å². The molecule has 0 spiro atoms. The van der Waals surface area contributed by atoms with Gasteiger partial charge in [0, 0.05) is 37.4 Å². The largest absolute Gasteiger partial charge is 0.379 e. The molecule has 2 heterocycles. The molecule has 1 aliphatic rings. The number of carbonyl (C=O) groups excluding carboxylic acids is 1. The van der Waals surface area contributed by atoms with E-state index < -0.39 is 0 Å². The highest BCUT2D eigenvalue weighted by Gasteiger charge is 2.11. The first kappa shape index (κ1) is 14.7. The van der Waals surface area contributed by atoms with Crippen LogP contribution in [0.15, 0.2) is 36.9 Å². The van der Waals surface area contributed by atoms with Gasteiger partial charge in [0.05, 0.1) is 13.2 Å². The number of nitrogens with zero attached hydrogens (tertiary/aromatic N) is 4. The smallest absolute Gasteiger partial charge is 0.251 e. The van der Waals surface area contributed by atoms with E-state index in [1.165, 1.54) is 0 Å². The Morgan fingerprint density at radius 3 is 2.50 bits per heavy atom. The van der Waals surface area contributed by atoms with Crippen molar-refractivity contribution in [3.8, 4) is 5.69 Å². The van der Waals surface area contributed by atoms with Crippen LogP contribution in [0.5, 0.6) is 0 Å². The van der Waals surface area contributed by atoms with Crippen LogP contribution < -0.4 is 5.32 Å². The van der Waals surface area contributed by atoms with E-state index in [-0.39, 0.29) is 5.91 Å². The number of benzene rings is 1. The van der Waals surface area contributed by atoms with Crippen molar-refractivity contribution in [3.05, 3.63) is 42.5 Å². The average molecular weight is 301 g/mol. The Balaban J connectivity index is 1.49. The second-order valence-electron chi connectivity index (χ2n) is 5.13. The van der Waals surface area contributed by atoms with Gasteiger partial charge in [0.1, 0.15) is 12.7 Å². The van der Waals surface area contributed by atoms with Crippen LogP contribution in [0.4, 0.5) is 0 Å². The number of nitrogens with one attached hydrogen (secondary N) is 1. The third kappa shape index (κ3) is 3.69. The maximum absolute atomic E-state index is 12.1. The van der Waals surface area contributed by atoms with Gasteiger partial charge < -0.3 is 10.1 Å². The van der Waals surface area contributed by atoms with Crippen molar-refractivity contribution in [1.29, 1.82) is 0 Å². The van der Waals surface area contributed by atoms with E-state index >= 15 is 0 Å². The fourth-order valence-electron chi connectivity index (χ4n) is 2.37. The van der Waals surface area contributed by atoms with Crippen molar-refractivity contribution in [1.82, 2.24) is 25.0 Å². The Morgan fingerprint density at radius 1 is 1.14 bits per heavy atom. The van der Waals surface area contributed by atoms with Gasteiger partial charge in [-0.1, -0.05) is 0 Å². The second kappa shape index (κ2) is 7.15. The summed E-state index contributed by atoms with van der Waals surface area (Å²) >= 11 is 0. The summed E-state index contributed by atoms with van der Waals surface area (Å²) in [6.45, 7) is 4.92. The fraction of sp³-hybridized carbons (Fsp3) is 0.400. The van der Waals surface area contributed by atoms with Crippen molar-refractivity contribution >= 4 is 5.91 Å². The van der Waals surface area contributed by atoms with Gasteiger partial charge in [-0.2, -0.15) is 0 Å². The van der Waals surface area contributed by atoms with Gasteiger partial charge in [-0.05, 0) is 24.3 Å². The first-order valence-corrected chi connectivity index (χ1v) is 7.36. The minimum atomic E-state index is -0.0523. The fourth-order valence-corrected chi connectivity index (χ4v) is 2.37. The summed E-state index contributed by atoms with van der Waals surface area (Å²) in [5, 5.41) is 10.5. The lowest BCUT2D eigenvalue weighted by Gasteiger charge is -2.26. The Morgan fingerprint density at radius 2 is 1.82 bits per heavy atom. The Hall–Kier alpha value is -2.25. The van der Waals surface area contributed by atoms with Crippen molar-refractivity contribution in [3.63, 3.8) is 0 Å². The highest BCUT2D eigenvalue weighted by Crippen LogP contribution is 2.08. The van der Waals surface area contributed by atoms with Crippen LogP contribution in [0.2, 0.25) is 0 Å². The Labute approximate surface area is 128 Å². The third-order valence-corrected chi connectivity index (χ3v) is 3.66. The maximum atomic E-state index is 12.1. The number of aromatic nitrogens is 3. The number of rotatable bonds is 5. The monoisotopic (exact) mass is 301 g/mol. The van der Waals surface area contributed by atoms with Crippen LogP contribution in [0.1, 0.15) is 10.4 Å². The van der Waals surface area contributed by atoms with E-state index in [1.807, 2.05) is 12.1 Å². The number of morpholine rings is 1. The van der Waals surface area contributed by atoms with Crippen LogP contribution in [-0.4, -0.2) is 65.0 Å². The molecular formula is C15H19N5O2. The topological polar surface area (TPSA) is 72.3 Å². The molecule has 1 fully saturated rings. The van der Waals surface area contributed by atoms with Crippen LogP contribution in [-0.2, 0) is 4.74 Å². The molecule has 2 aromatic rings. The van der Waals surface area contributed by atoms with E-state index in [0.717, 1.165) is 38.5 Å². The predicted molar refractivity (Wildman–Crippen MR) is 81.0 cm³/mol. The number of carbonyl (C=O) groups is 1. The van der Waals surface area contributed by atoms with Crippen LogP contribution in [0.25, 0.3) is 5.69 Å². The molecule has 7 nitrogen and oxygen atoms in total. The first-order valence-electron chi connectivity index (χ1n) is 7.36. The van der Waals surface area contributed by atoms with Crippen LogP contribution >= 0.6 is 0 Å². The average Bonchev–Trinajstić information content (AvgIpc) is 3.10. The highest BCUT2D eigenvalue weighted by molar-refractivity contribution is 5.94. The molecule has 1 aromatic carbocycles. The number of amides is 1. The van der Waals surface area contributed by atoms with E-state index in [1.54, 1.807) is 29.4 Å². The van der Waals surface area contributed by atoms with Crippen molar-refractivity contribution in [2.75, 3.05) is 39.4 Å². The lowest BCUT2D eigenvalue weighted by atomic mass is 10.2. The summed E-state index contributed by atoms with van der Waals surface area (Å²) in [6, 6.07) is 7.36. The molecular weight excluding hydrogens is 282 g/mol. The molecule has 0 aliphatic carbocycles. The molecule has 0 atom stereocenters. The van der Waals surface area contributed by atoms with Crippen LogP contribution in [0, 0.1) is 0 Å². The number of hydrogen-bond acceptors (Lipinski definition) is 5. The highest BCUT2D eigenvalue weighted by atomic mass is 16.5. The summed E-state index contributed by atoms with van der Waals surface area (Å²) in [5.41, 5.74) is 1.58. The van der Waals surface area contributed by atoms with E-state index in [2.05, 4.69) is 20.4 Å².